The highest BCUT2D eigenvalue weighted by atomic mass is 79.9. The van der Waals surface area contributed by atoms with Crippen LogP contribution in [0.25, 0.3) is 0 Å². The summed E-state index contributed by atoms with van der Waals surface area (Å²) in [4.78, 5) is 0. The average Bonchev–Trinajstić information content (AvgIpc) is 2.85. The summed E-state index contributed by atoms with van der Waals surface area (Å²) in [5.74, 6) is 1.90. The van der Waals surface area contributed by atoms with Crippen molar-refractivity contribution in [3.05, 3.63) is 21.7 Å². The summed E-state index contributed by atoms with van der Waals surface area (Å²) in [5, 5.41) is 0. The second-order valence-corrected chi connectivity index (χ2v) is 6.76. The van der Waals surface area contributed by atoms with E-state index in [1.807, 2.05) is 0 Å². The molecule has 0 heterocycles. The first-order chi connectivity index (χ1) is 9.44. The fraction of sp³-hybridized carbons (Fsp3) is 0.625. The molecule has 0 aromatic heterocycles. The van der Waals surface area contributed by atoms with Gasteiger partial charge in [-0.05, 0) is 46.3 Å². The van der Waals surface area contributed by atoms with Crippen LogP contribution in [0.3, 0.4) is 0 Å². The van der Waals surface area contributed by atoms with Gasteiger partial charge in [-0.1, -0.05) is 26.7 Å². The fourth-order valence-corrected chi connectivity index (χ4v) is 3.85. The lowest BCUT2D eigenvalue weighted by Gasteiger charge is -2.31. The van der Waals surface area contributed by atoms with E-state index in [0.717, 1.165) is 28.8 Å². The molecule has 20 heavy (non-hydrogen) atoms. The van der Waals surface area contributed by atoms with E-state index in [1.165, 1.54) is 24.0 Å². The van der Waals surface area contributed by atoms with E-state index in [-0.39, 0.29) is 5.54 Å². The van der Waals surface area contributed by atoms with Gasteiger partial charge in [0.15, 0.2) is 11.5 Å². The Bertz CT molecular complexity index is 494. The lowest BCUT2D eigenvalue weighted by atomic mass is 9.82. The summed E-state index contributed by atoms with van der Waals surface area (Å²) in [6.45, 7) is 4.35. The zero-order chi connectivity index (χ0) is 14.9. The van der Waals surface area contributed by atoms with Crippen LogP contribution in [0.2, 0.25) is 0 Å². The molecule has 0 spiro atoms. The Morgan fingerprint density at radius 2 is 1.70 bits per heavy atom. The number of halogens is 1. The second kappa shape index (κ2) is 5.94. The highest BCUT2D eigenvalue weighted by Crippen LogP contribution is 2.49. The molecule has 0 saturated heterocycles. The molecule has 1 aromatic carbocycles. The zero-order valence-electron chi connectivity index (χ0n) is 12.8. The Kier molecular flexibility index (Phi) is 4.65. The van der Waals surface area contributed by atoms with Crippen LogP contribution >= 0.6 is 15.9 Å². The predicted molar refractivity (Wildman–Crippen MR) is 85.7 cm³/mol. The second-order valence-electron chi connectivity index (χ2n) is 5.90. The number of ether oxygens (including phenoxy) is 2. The molecule has 1 aliphatic carbocycles. The van der Waals surface area contributed by atoms with Gasteiger partial charge < -0.3 is 15.2 Å². The molecule has 1 saturated carbocycles. The monoisotopic (exact) mass is 341 g/mol. The first-order valence-electron chi connectivity index (χ1n) is 7.18. The van der Waals surface area contributed by atoms with Gasteiger partial charge in [0.2, 0.25) is 0 Å². The number of benzene rings is 1. The normalized spacial score (nSPS) is 17.6. The maximum atomic E-state index is 6.69. The molecule has 112 valence electrons. The maximum absolute atomic E-state index is 6.69. The van der Waals surface area contributed by atoms with E-state index in [0.29, 0.717) is 5.92 Å². The first kappa shape index (κ1) is 15.6. The summed E-state index contributed by atoms with van der Waals surface area (Å²) in [6.07, 6.45) is 4.46. The van der Waals surface area contributed by atoms with Crippen molar-refractivity contribution >= 4 is 15.9 Å². The molecule has 3 nitrogen and oxygen atoms in total. The topological polar surface area (TPSA) is 44.5 Å². The van der Waals surface area contributed by atoms with Crippen molar-refractivity contribution in [1.29, 1.82) is 0 Å². The van der Waals surface area contributed by atoms with Gasteiger partial charge in [0.25, 0.3) is 0 Å². The zero-order valence-corrected chi connectivity index (χ0v) is 14.3. The summed E-state index contributed by atoms with van der Waals surface area (Å²) in [6, 6.07) is 2.13. The van der Waals surface area contributed by atoms with E-state index >= 15 is 0 Å². The predicted octanol–water partition coefficient (Wildman–Crippen LogP) is 4.32. The van der Waals surface area contributed by atoms with E-state index < -0.39 is 0 Å². The third kappa shape index (κ3) is 2.56. The van der Waals surface area contributed by atoms with Crippen LogP contribution in [0, 0.1) is 0 Å². The van der Waals surface area contributed by atoms with Crippen LogP contribution in [-0.2, 0) is 5.54 Å². The Morgan fingerprint density at radius 1 is 1.15 bits per heavy atom. The molecule has 0 amide bonds. The van der Waals surface area contributed by atoms with Gasteiger partial charge in [0, 0.05) is 11.1 Å². The number of hydrogen-bond acceptors (Lipinski definition) is 3. The third-order valence-corrected chi connectivity index (χ3v) is 4.84. The standard InChI is InChI=1S/C16H24BrNO2/c1-10(2)13-11(16(18)7-5-6-8-16)9-12(17)14(19-3)15(13)20-4/h9-10H,5-8,18H2,1-4H3. The number of nitrogens with two attached hydrogens (primary N) is 1. The Hall–Kier alpha value is -0.740. The lowest BCUT2D eigenvalue weighted by molar-refractivity contribution is 0.344. The van der Waals surface area contributed by atoms with Gasteiger partial charge in [0.05, 0.1) is 18.7 Å². The Balaban J connectivity index is 2.70. The summed E-state index contributed by atoms with van der Waals surface area (Å²) in [7, 11) is 3.36. The molecule has 0 bridgehead atoms. The molecule has 1 aliphatic rings. The summed E-state index contributed by atoms with van der Waals surface area (Å²) in [5.41, 5.74) is 8.83. The fourth-order valence-electron chi connectivity index (χ4n) is 3.28. The maximum Gasteiger partial charge on any atom is 0.175 e. The molecule has 0 aliphatic heterocycles. The minimum Gasteiger partial charge on any atom is -0.493 e. The molecule has 0 unspecified atom stereocenters. The largest absolute Gasteiger partial charge is 0.493 e. The average molecular weight is 342 g/mol. The molecular formula is C16H24BrNO2. The minimum atomic E-state index is -0.234. The SMILES string of the molecule is COc1c(Br)cc(C2(N)CCCC2)c(C(C)C)c1OC. The van der Waals surface area contributed by atoms with Crippen molar-refractivity contribution in [2.75, 3.05) is 14.2 Å². The molecule has 1 aromatic rings. The number of rotatable bonds is 4. The van der Waals surface area contributed by atoms with Gasteiger partial charge in [-0.15, -0.1) is 0 Å². The molecular weight excluding hydrogens is 318 g/mol. The van der Waals surface area contributed by atoms with Crippen molar-refractivity contribution in [3.8, 4) is 11.5 Å². The molecule has 4 heteroatoms. The molecule has 2 rings (SSSR count). The number of hydrogen-bond donors (Lipinski definition) is 1. The number of methoxy groups -OCH3 is 2. The van der Waals surface area contributed by atoms with Crippen LogP contribution in [0.5, 0.6) is 11.5 Å². The Morgan fingerprint density at radius 3 is 2.15 bits per heavy atom. The van der Waals surface area contributed by atoms with Crippen molar-refractivity contribution in [3.63, 3.8) is 0 Å². The van der Waals surface area contributed by atoms with Crippen LogP contribution in [0.4, 0.5) is 0 Å². The highest BCUT2D eigenvalue weighted by molar-refractivity contribution is 9.10. The quantitative estimate of drug-likeness (QED) is 0.886. The van der Waals surface area contributed by atoms with Gasteiger partial charge in [-0.25, -0.2) is 0 Å². The molecule has 1 fully saturated rings. The van der Waals surface area contributed by atoms with E-state index in [2.05, 4.69) is 35.8 Å². The first-order valence-corrected chi connectivity index (χ1v) is 7.97. The molecule has 2 N–H and O–H groups in total. The van der Waals surface area contributed by atoms with Crippen LogP contribution < -0.4 is 15.2 Å². The highest BCUT2D eigenvalue weighted by Gasteiger charge is 2.36. The van der Waals surface area contributed by atoms with Crippen molar-refractivity contribution in [2.45, 2.75) is 51.0 Å². The van der Waals surface area contributed by atoms with Gasteiger partial charge >= 0.3 is 0 Å². The molecule has 0 atom stereocenters. The van der Waals surface area contributed by atoms with Crippen molar-refractivity contribution in [1.82, 2.24) is 0 Å². The van der Waals surface area contributed by atoms with E-state index in [9.17, 15) is 0 Å². The van der Waals surface area contributed by atoms with E-state index in [1.54, 1.807) is 14.2 Å². The molecule has 0 radical (unpaired) electrons. The van der Waals surface area contributed by atoms with Gasteiger partial charge in [0.1, 0.15) is 0 Å². The van der Waals surface area contributed by atoms with Crippen LogP contribution in [0.15, 0.2) is 10.5 Å². The third-order valence-electron chi connectivity index (χ3n) is 4.25. The van der Waals surface area contributed by atoms with Gasteiger partial charge in [-0.2, -0.15) is 0 Å². The lowest BCUT2D eigenvalue weighted by Crippen LogP contribution is -2.34. The van der Waals surface area contributed by atoms with Crippen molar-refractivity contribution in [2.24, 2.45) is 5.73 Å². The Labute approximate surface area is 130 Å². The summed E-state index contributed by atoms with van der Waals surface area (Å²) >= 11 is 3.59. The minimum absolute atomic E-state index is 0.234. The summed E-state index contributed by atoms with van der Waals surface area (Å²) < 4.78 is 12.1. The smallest absolute Gasteiger partial charge is 0.175 e. The van der Waals surface area contributed by atoms with Gasteiger partial charge in [-0.3, -0.25) is 0 Å². The van der Waals surface area contributed by atoms with E-state index in [4.69, 9.17) is 15.2 Å². The van der Waals surface area contributed by atoms with Crippen LogP contribution in [0.1, 0.15) is 56.6 Å². The van der Waals surface area contributed by atoms with Crippen molar-refractivity contribution < 1.29 is 9.47 Å². The van der Waals surface area contributed by atoms with Crippen LogP contribution in [-0.4, -0.2) is 14.2 Å².